The fourth-order valence-electron chi connectivity index (χ4n) is 1.78. The first-order valence-electron chi connectivity index (χ1n) is 6.29. The molecule has 10 heteroatoms. The zero-order chi connectivity index (χ0) is 15.5. The van der Waals surface area contributed by atoms with Crippen molar-refractivity contribution in [2.24, 2.45) is 0 Å². The molecule has 0 amide bonds. The predicted molar refractivity (Wildman–Crippen MR) is 101 cm³/mol. The van der Waals surface area contributed by atoms with Crippen LogP contribution in [-0.2, 0) is 4.75 Å². The predicted octanol–water partition coefficient (Wildman–Crippen LogP) is 4.11. The van der Waals surface area contributed by atoms with Gasteiger partial charge in [-0.05, 0) is 28.8 Å². The summed E-state index contributed by atoms with van der Waals surface area (Å²) in [5.74, 6) is 3.36. The first-order valence-corrected chi connectivity index (χ1v) is 10.8. The molecule has 0 radical (unpaired) electrons. The lowest BCUT2D eigenvalue weighted by Crippen LogP contribution is -2.31. The minimum atomic E-state index is -0.441. The number of thiol groups is 2. The maximum absolute atomic E-state index is 4.51. The van der Waals surface area contributed by atoms with Gasteiger partial charge >= 0.3 is 0 Å². The molecule has 0 unspecified atom stereocenters. The summed E-state index contributed by atoms with van der Waals surface area (Å²) < 4.78 is 9.89. The van der Waals surface area contributed by atoms with Gasteiger partial charge in [-0.2, -0.15) is 20.5 Å². The number of hydrogen-bond acceptors (Lipinski definition) is 10. The van der Waals surface area contributed by atoms with Gasteiger partial charge in [-0.15, -0.1) is 37.0 Å². The second kappa shape index (κ2) is 7.87. The maximum atomic E-state index is 4.51. The Morgan fingerprint density at radius 3 is 1.95 bits per heavy atom. The third kappa shape index (κ3) is 4.29. The van der Waals surface area contributed by atoms with Crippen molar-refractivity contribution < 1.29 is 0 Å². The van der Waals surface area contributed by atoms with Crippen LogP contribution < -0.4 is 0 Å². The summed E-state index contributed by atoms with van der Waals surface area (Å²) in [4.78, 5) is 9.02. The molecule has 21 heavy (non-hydrogen) atoms. The van der Waals surface area contributed by atoms with E-state index in [0.717, 1.165) is 23.2 Å². The van der Waals surface area contributed by atoms with Gasteiger partial charge in [-0.1, -0.05) is 20.8 Å². The third-order valence-electron chi connectivity index (χ3n) is 2.50. The normalized spacial score (nSPS) is 12.3. The van der Waals surface area contributed by atoms with Gasteiger partial charge in [0.05, 0.1) is 0 Å². The van der Waals surface area contributed by atoms with E-state index in [4.69, 9.17) is 0 Å². The molecular formula is C11H16N4S6. The van der Waals surface area contributed by atoms with E-state index in [1.54, 1.807) is 11.8 Å². The molecule has 2 heterocycles. The Hall–Kier alpha value is 0.520. The van der Waals surface area contributed by atoms with E-state index in [-0.39, 0.29) is 0 Å². The van der Waals surface area contributed by atoms with E-state index in [0.29, 0.717) is 13.9 Å². The average Bonchev–Trinajstić information content (AvgIpc) is 3.03. The molecule has 0 saturated heterocycles. The molecule has 0 aromatic carbocycles. The first kappa shape index (κ1) is 17.9. The maximum Gasteiger partial charge on any atom is 0.168 e. The van der Waals surface area contributed by atoms with Crippen molar-refractivity contribution in [3.05, 3.63) is 11.6 Å². The molecule has 2 aromatic heterocycles. The van der Waals surface area contributed by atoms with Crippen molar-refractivity contribution in [1.29, 1.82) is 0 Å². The summed E-state index contributed by atoms with van der Waals surface area (Å²) in [5, 5.41) is 0.404. The Balaban J connectivity index is 2.52. The summed E-state index contributed by atoms with van der Waals surface area (Å²) >= 11 is 14.9. The Kier molecular flexibility index (Phi) is 6.70. The fraction of sp³-hybridized carbons (Fsp3) is 0.636. The molecule has 0 atom stereocenters. The quantitative estimate of drug-likeness (QED) is 0.687. The summed E-state index contributed by atoms with van der Waals surface area (Å²) in [6.07, 6.45) is 0. The van der Waals surface area contributed by atoms with E-state index in [1.807, 2.05) is 11.8 Å². The van der Waals surface area contributed by atoms with Crippen LogP contribution in [0.2, 0.25) is 0 Å². The van der Waals surface area contributed by atoms with Crippen LogP contribution in [0.25, 0.3) is 0 Å². The fourth-order valence-corrected chi connectivity index (χ4v) is 5.78. The van der Waals surface area contributed by atoms with E-state index >= 15 is 0 Å². The number of nitrogens with zero attached hydrogens (tertiary/aromatic N) is 4. The average molecular weight is 397 g/mol. The van der Waals surface area contributed by atoms with Crippen molar-refractivity contribution >= 4 is 71.8 Å². The molecule has 0 fully saturated rings. The number of aromatic nitrogens is 4. The highest BCUT2D eigenvalue weighted by molar-refractivity contribution is 8.04. The molecule has 116 valence electrons. The smallest absolute Gasteiger partial charge is 0.168 e. The molecule has 2 rings (SSSR count). The summed E-state index contributed by atoms with van der Waals surface area (Å²) in [6.45, 7) is 6.47. The minimum Gasteiger partial charge on any atom is -0.211 e. The summed E-state index contributed by atoms with van der Waals surface area (Å²) in [5.41, 5.74) is 0. The van der Waals surface area contributed by atoms with E-state index < -0.39 is 4.75 Å². The van der Waals surface area contributed by atoms with Crippen LogP contribution in [0.15, 0.2) is 8.68 Å². The molecule has 2 aromatic rings. The van der Waals surface area contributed by atoms with Gasteiger partial charge in [0, 0.05) is 11.0 Å². The Bertz CT molecular complexity index is 541. The number of hydrogen-bond donors (Lipinski definition) is 2. The van der Waals surface area contributed by atoms with Crippen molar-refractivity contribution in [1.82, 2.24) is 18.7 Å². The molecular weight excluding hydrogens is 381 g/mol. The first-order chi connectivity index (χ1) is 9.98. The van der Waals surface area contributed by atoms with Crippen molar-refractivity contribution in [3.63, 3.8) is 0 Å². The number of thioether (sulfide) groups is 2. The standard InChI is InChI=1S/C11H16N4S6/c1-4-18-5-11(19-6(2)3,7-12-9(16)20-14-7)8-13-10(17)21-15-8/h6H,4-5H2,1-3H3,(H,12,14,16)(H,13,15,17). The lowest BCUT2D eigenvalue weighted by molar-refractivity contribution is 0.719. The highest BCUT2D eigenvalue weighted by Crippen LogP contribution is 2.45. The SMILES string of the molecule is CCSCC(SC(C)C)(c1nsc(S)n1)c1nsc(S)n1. The molecule has 0 aliphatic heterocycles. The Labute approximate surface area is 152 Å². The van der Waals surface area contributed by atoms with Crippen molar-refractivity contribution in [2.45, 2.75) is 39.4 Å². The van der Waals surface area contributed by atoms with Crippen molar-refractivity contribution in [2.75, 3.05) is 11.5 Å². The van der Waals surface area contributed by atoms with Gasteiger partial charge < -0.3 is 0 Å². The third-order valence-corrected chi connectivity index (χ3v) is 6.84. The van der Waals surface area contributed by atoms with Gasteiger partial charge in [0.1, 0.15) is 4.75 Å². The van der Waals surface area contributed by atoms with E-state index in [1.165, 1.54) is 23.1 Å². The molecule has 0 spiro atoms. The van der Waals surface area contributed by atoms with Gasteiger partial charge in [0.25, 0.3) is 0 Å². The summed E-state index contributed by atoms with van der Waals surface area (Å²) in [6, 6.07) is 0. The Morgan fingerprint density at radius 2 is 1.62 bits per heavy atom. The van der Waals surface area contributed by atoms with Crippen LogP contribution in [0.1, 0.15) is 32.4 Å². The molecule has 0 aliphatic rings. The van der Waals surface area contributed by atoms with Crippen molar-refractivity contribution in [3.8, 4) is 0 Å². The van der Waals surface area contributed by atoms with Crippen LogP contribution in [0.5, 0.6) is 0 Å². The Morgan fingerprint density at radius 1 is 1.10 bits per heavy atom. The molecule has 0 saturated carbocycles. The second-order valence-electron chi connectivity index (χ2n) is 4.43. The van der Waals surface area contributed by atoms with Crippen LogP contribution in [0.4, 0.5) is 0 Å². The molecule has 0 aliphatic carbocycles. The van der Waals surface area contributed by atoms with Crippen LogP contribution in [0.3, 0.4) is 0 Å². The van der Waals surface area contributed by atoms with Gasteiger partial charge in [-0.25, -0.2) is 9.97 Å². The summed E-state index contributed by atoms with van der Waals surface area (Å²) in [7, 11) is 0. The van der Waals surface area contributed by atoms with Gasteiger partial charge in [0.15, 0.2) is 20.3 Å². The molecule has 4 nitrogen and oxygen atoms in total. The van der Waals surface area contributed by atoms with Crippen LogP contribution >= 0.6 is 71.8 Å². The highest BCUT2D eigenvalue weighted by Gasteiger charge is 2.43. The largest absolute Gasteiger partial charge is 0.211 e. The van der Waals surface area contributed by atoms with E-state index in [9.17, 15) is 0 Å². The molecule has 0 bridgehead atoms. The van der Waals surface area contributed by atoms with Crippen LogP contribution in [0, 0.1) is 0 Å². The zero-order valence-electron chi connectivity index (χ0n) is 11.8. The topological polar surface area (TPSA) is 51.6 Å². The monoisotopic (exact) mass is 396 g/mol. The second-order valence-corrected chi connectivity index (χ2v) is 10.5. The molecule has 0 N–H and O–H groups in total. The zero-order valence-corrected chi connectivity index (χ0v) is 16.9. The van der Waals surface area contributed by atoms with Gasteiger partial charge in [-0.3, -0.25) is 0 Å². The highest BCUT2D eigenvalue weighted by atomic mass is 32.2. The number of rotatable bonds is 7. The lowest BCUT2D eigenvalue weighted by Gasteiger charge is -2.29. The van der Waals surface area contributed by atoms with Crippen LogP contribution in [-0.4, -0.2) is 35.5 Å². The van der Waals surface area contributed by atoms with Gasteiger partial charge in [0.2, 0.25) is 0 Å². The minimum absolute atomic E-state index is 0.404. The van der Waals surface area contributed by atoms with E-state index in [2.05, 4.69) is 64.7 Å². The lowest BCUT2D eigenvalue weighted by atomic mass is 10.1.